The number of piperazine rings is 1. The summed E-state index contributed by atoms with van der Waals surface area (Å²) in [5.41, 5.74) is 3.31. The number of ether oxygens (including phenoxy) is 1. The van der Waals surface area contributed by atoms with Gasteiger partial charge in [-0.3, -0.25) is 14.5 Å². The lowest BCUT2D eigenvalue weighted by atomic mass is 10.1. The molecule has 3 rings (SSSR count). The van der Waals surface area contributed by atoms with Crippen LogP contribution in [-0.4, -0.2) is 72.9 Å². The molecule has 1 heterocycles. The van der Waals surface area contributed by atoms with Crippen LogP contribution in [0.4, 0.5) is 0 Å². The highest BCUT2D eigenvalue weighted by Crippen LogP contribution is 2.14. The van der Waals surface area contributed by atoms with Crippen LogP contribution in [0.15, 0.2) is 48.5 Å². The Kier molecular flexibility index (Phi) is 8.06. The van der Waals surface area contributed by atoms with Gasteiger partial charge in [-0.1, -0.05) is 36.4 Å². The predicted octanol–water partition coefficient (Wildman–Crippen LogP) is 2.74. The molecule has 0 atom stereocenters. The van der Waals surface area contributed by atoms with E-state index in [0.29, 0.717) is 39.2 Å². The molecule has 2 amide bonds. The molecule has 2 aromatic carbocycles. The van der Waals surface area contributed by atoms with Crippen molar-refractivity contribution < 1.29 is 14.3 Å². The summed E-state index contributed by atoms with van der Waals surface area (Å²) >= 11 is 0. The third kappa shape index (κ3) is 6.56. The maximum atomic E-state index is 12.7. The second kappa shape index (κ2) is 11.0. The molecule has 166 valence electrons. The Morgan fingerprint density at radius 1 is 1.00 bits per heavy atom. The van der Waals surface area contributed by atoms with E-state index in [4.69, 9.17) is 4.74 Å². The smallest absolute Gasteiger partial charge is 0.236 e. The highest BCUT2D eigenvalue weighted by Gasteiger charge is 2.23. The lowest BCUT2D eigenvalue weighted by Crippen LogP contribution is -2.51. The van der Waals surface area contributed by atoms with E-state index in [2.05, 4.69) is 4.90 Å². The monoisotopic (exact) mass is 423 g/mol. The summed E-state index contributed by atoms with van der Waals surface area (Å²) in [5.74, 6) is 1.09. The molecule has 6 nitrogen and oxygen atoms in total. The molecule has 1 saturated heterocycles. The molecule has 0 spiro atoms. The third-order valence-electron chi connectivity index (χ3n) is 5.77. The Morgan fingerprint density at radius 2 is 1.68 bits per heavy atom. The molecule has 0 bridgehead atoms. The topological polar surface area (TPSA) is 53.1 Å². The number of carbonyl (C=O) groups is 2. The normalized spacial score (nSPS) is 14.4. The van der Waals surface area contributed by atoms with Gasteiger partial charge in [-0.15, -0.1) is 0 Å². The van der Waals surface area contributed by atoms with Crippen molar-refractivity contribution in [1.29, 1.82) is 0 Å². The second-order valence-electron chi connectivity index (χ2n) is 8.09. The minimum Gasteiger partial charge on any atom is -0.494 e. The lowest BCUT2D eigenvalue weighted by molar-refractivity contribution is -0.134. The molecular weight excluding hydrogens is 390 g/mol. The van der Waals surface area contributed by atoms with Crippen molar-refractivity contribution in [1.82, 2.24) is 14.7 Å². The summed E-state index contributed by atoms with van der Waals surface area (Å²) in [6.07, 6.45) is 0.441. The summed E-state index contributed by atoms with van der Waals surface area (Å²) in [4.78, 5) is 31.1. The number of rotatable bonds is 8. The fourth-order valence-corrected chi connectivity index (χ4v) is 3.77. The lowest BCUT2D eigenvalue weighted by Gasteiger charge is -2.35. The fourth-order valence-electron chi connectivity index (χ4n) is 3.77. The Labute approximate surface area is 185 Å². The molecule has 0 unspecified atom stereocenters. The first-order valence-corrected chi connectivity index (χ1v) is 11.0. The van der Waals surface area contributed by atoms with Gasteiger partial charge in [0, 0.05) is 39.8 Å². The van der Waals surface area contributed by atoms with Crippen LogP contribution in [0.25, 0.3) is 0 Å². The van der Waals surface area contributed by atoms with Crippen molar-refractivity contribution in [2.24, 2.45) is 0 Å². The van der Waals surface area contributed by atoms with Gasteiger partial charge in [-0.05, 0) is 42.7 Å². The van der Waals surface area contributed by atoms with E-state index in [1.807, 2.05) is 74.3 Å². The Balaban J connectivity index is 1.42. The van der Waals surface area contributed by atoms with E-state index >= 15 is 0 Å². The average Bonchev–Trinajstić information content (AvgIpc) is 2.77. The molecule has 6 heteroatoms. The largest absolute Gasteiger partial charge is 0.494 e. The number of nitrogens with zero attached hydrogens (tertiary/aromatic N) is 3. The predicted molar refractivity (Wildman–Crippen MR) is 122 cm³/mol. The van der Waals surface area contributed by atoms with Crippen LogP contribution in [0.3, 0.4) is 0 Å². The zero-order chi connectivity index (χ0) is 22.2. The van der Waals surface area contributed by atoms with Crippen molar-refractivity contribution >= 4 is 11.8 Å². The van der Waals surface area contributed by atoms with E-state index in [-0.39, 0.29) is 11.8 Å². The molecule has 0 radical (unpaired) electrons. The number of benzene rings is 2. The van der Waals surface area contributed by atoms with Crippen molar-refractivity contribution in [3.8, 4) is 5.75 Å². The summed E-state index contributed by atoms with van der Waals surface area (Å²) in [5, 5.41) is 0. The minimum atomic E-state index is 0.0913. The van der Waals surface area contributed by atoms with Crippen LogP contribution in [0, 0.1) is 6.92 Å². The third-order valence-corrected chi connectivity index (χ3v) is 5.77. The highest BCUT2D eigenvalue weighted by atomic mass is 16.5. The molecule has 0 aromatic heterocycles. The summed E-state index contributed by atoms with van der Waals surface area (Å²) in [7, 11) is 1.83. The number of hydrogen-bond donors (Lipinski definition) is 0. The maximum absolute atomic E-state index is 12.7. The fraction of sp³-hybridized carbons (Fsp3) is 0.440. The van der Waals surface area contributed by atoms with Gasteiger partial charge < -0.3 is 14.5 Å². The zero-order valence-corrected chi connectivity index (χ0v) is 18.8. The van der Waals surface area contributed by atoms with Gasteiger partial charge in [0.2, 0.25) is 11.8 Å². The number of aryl methyl sites for hydroxylation is 1. The summed E-state index contributed by atoms with van der Waals surface area (Å²) in [6.45, 7) is 8.37. The van der Waals surface area contributed by atoms with Crippen LogP contribution < -0.4 is 4.74 Å². The van der Waals surface area contributed by atoms with Gasteiger partial charge in [0.25, 0.3) is 0 Å². The van der Waals surface area contributed by atoms with Crippen LogP contribution in [0.5, 0.6) is 5.75 Å². The zero-order valence-electron chi connectivity index (χ0n) is 18.8. The molecule has 2 aromatic rings. The number of amides is 2. The minimum absolute atomic E-state index is 0.0913. The second-order valence-corrected chi connectivity index (χ2v) is 8.09. The van der Waals surface area contributed by atoms with Gasteiger partial charge in [0.15, 0.2) is 0 Å². The molecule has 1 fully saturated rings. The number of carbonyl (C=O) groups excluding carboxylic acids is 2. The van der Waals surface area contributed by atoms with E-state index in [1.54, 1.807) is 4.90 Å². The Hall–Kier alpha value is -2.86. The van der Waals surface area contributed by atoms with Gasteiger partial charge in [0.05, 0.1) is 19.6 Å². The van der Waals surface area contributed by atoms with Crippen LogP contribution in [0.2, 0.25) is 0 Å². The molecular formula is C25H33N3O3. The highest BCUT2D eigenvalue weighted by molar-refractivity contribution is 5.80. The first-order chi connectivity index (χ1) is 15.0. The molecule has 1 aliphatic heterocycles. The number of likely N-dealkylation sites (N-methyl/N-ethyl adjacent to an activating group) is 1. The van der Waals surface area contributed by atoms with Gasteiger partial charge in [-0.25, -0.2) is 0 Å². The average molecular weight is 424 g/mol. The SMILES string of the molecule is CCOc1ccc(CN(C)C(=O)CN2CCN(C(=O)Cc3ccccc3C)CC2)cc1. The molecule has 1 aliphatic rings. The maximum Gasteiger partial charge on any atom is 0.236 e. The molecule has 31 heavy (non-hydrogen) atoms. The molecule has 0 aliphatic carbocycles. The van der Waals surface area contributed by atoms with Crippen LogP contribution >= 0.6 is 0 Å². The van der Waals surface area contributed by atoms with E-state index in [0.717, 1.165) is 35.5 Å². The molecule has 0 saturated carbocycles. The van der Waals surface area contributed by atoms with E-state index in [1.165, 1.54) is 0 Å². The van der Waals surface area contributed by atoms with Crippen molar-refractivity contribution in [2.45, 2.75) is 26.8 Å². The number of hydrogen-bond acceptors (Lipinski definition) is 4. The van der Waals surface area contributed by atoms with E-state index < -0.39 is 0 Å². The molecule has 0 N–H and O–H groups in total. The van der Waals surface area contributed by atoms with Crippen LogP contribution in [0.1, 0.15) is 23.6 Å². The van der Waals surface area contributed by atoms with Crippen molar-refractivity contribution in [3.05, 3.63) is 65.2 Å². The van der Waals surface area contributed by atoms with Crippen molar-refractivity contribution in [3.63, 3.8) is 0 Å². The Bertz CT molecular complexity index is 874. The standard InChI is InChI=1S/C25H33N3O3/c1-4-31-23-11-9-21(10-12-23)18-26(3)25(30)19-27-13-15-28(16-14-27)24(29)17-22-8-6-5-7-20(22)2/h5-12H,4,13-19H2,1-3H3. The van der Waals surface area contributed by atoms with Crippen molar-refractivity contribution in [2.75, 3.05) is 46.4 Å². The first-order valence-electron chi connectivity index (χ1n) is 11.0. The van der Waals surface area contributed by atoms with Gasteiger partial charge >= 0.3 is 0 Å². The van der Waals surface area contributed by atoms with Crippen LogP contribution in [-0.2, 0) is 22.6 Å². The Morgan fingerprint density at radius 3 is 2.32 bits per heavy atom. The van der Waals surface area contributed by atoms with E-state index in [9.17, 15) is 9.59 Å². The summed E-state index contributed by atoms with van der Waals surface area (Å²) in [6, 6.07) is 15.9. The van der Waals surface area contributed by atoms with Gasteiger partial charge in [-0.2, -0.15) is 0 Å². The summed E-state index contributed by atoms with van der Waals surface area (Å²) < 4.78 is 5.46. The quantitative estimate of drug-likeness (QED) is 0.655. The first kappa shape index (κ1) is 22.8. The van der Waals surface area contributed by atoms with Gasteiger partial charge in [0.1, 0.15) is 5.75 Å².